The summed E-state index contributed by atoms with van der Waals surface area (Å²) in [5, 5.41) is 8.88. The number of epoxide rings is 1. The number of hydrogen-bond acceptors (Lipinski definition) is 2. The summed E-state index contributed by atoms with van der Waals surface area (Å²) in [5.41, 5.74) is 0.903. The summed E-state index contributed by atoms with van der Waals surface area (Å²) < 4.78 is 5.39. The van der Waals surface area contributed by atoms with Gasteiger partial charge < -0.3 is 9.84 Å². The van der Waals surface area contributed by atoms with Crippen LogP contribution in [0.4, 0.5) is 0 Å². The third-order valence-electron chi connectivity index (χ3n) is 2.46. The highest BCUT2D eigenvalue weighted by Gasteiger charge is 2.52. The molecule has 2 nitrogen and oxygen atoms in total. The van der Waals surface area contributed by atoms with Crippen molar-refractivity contribution in [2.75, 3.05) is 6.61 Å². The van der Waals surface area contributed by atoms with E-state index in [0.29, 0.717) is 0 Å². The molecule has 0 radical (unpaired) electrons. The minimum Gasteiger partial charge on any atom is -0.394 e. The van der Waals surface area contributed by atoms with E-state index in [1.54, 1.807) is 0 Å². The van der Waals surface area contributed by atoms with Crippen LogP contribution in [0.15, 0.2) is 30.3 Å². The lowest BCUT2D eigenvalue weighted by molar-refractivity contribution is 0.237. The molecule has 0 spiro atoms. The first-order valence-corrected chi connectivity index (χ1v) is 4.11. The Hall–Kier alpha value is -0.860. The average molecular weight is 164 g/mol. The Morgan fingerprint density at radius 3 is 2.58 bits per heavy atom. The van der Waals surface area contributed by atoms with Gasteiger partial charge in [0.2, 0.25) is 0 Å². The summed E-state index contributed by atoms with van der Waals surface area (Å²) in [6.45, 7) is 2.11. The van der Waals surface area contributed by atoms with Crippen LogP contribution in [0.5, 0.6) is 0 Å². The van der Waals surface area contributed by atoms with E-state index in [1.807, 2.05) is 37.3 Å². The van der Waals surface area contributed by atoms with E-state index in [2.05, 4.69) is 0 Å². The second-order valence-electron chi connectivity index (χ2n) is 3.26. The molecule has 1 heterocycles. The van der Waals surface area contributed by atoms with Gasteiger partial charge in [0.25, 0.3) is 0 Å². The quantitative estimate of drug-likeness (QED) is 0.668. The molecule has 1 fully saturated rings. The molecule has 1 saturated heterocycles. The molecule has 1 aliphatic heterocycles. The van der Waals surface area contributed by atoms with Crippen LogP contribution in [0, 0.1) is 0 Å². The van der Waals surface area contributed by atoms with Crippen molar-refractivity contribution >= 4 is 0 Å². The van der Waals surface area contributed by atoms with E-state index in [9.17, 15) is 0 Å². The van der Waals surface area contributed by atoms with Crippen LogP contribution in [0.3, 0.4) is 0 Å². The van der Waals surface area contributed by atoms with Crippen molar-refractivity contribution in [3.05, 3.63) is 35.9 Å². The predicted octanol–water partition coefficient (Wildman–Crippen LogP) is 1.29. The molecule has 0 saturated carbocycles. The number of aliphatic hydroxyl groups excluding tert-OH is 1. The Labute approximate surface area is 71.8 Å². The fraction of sp³-hybridized carbons (Fsp3) is 0.400. The lowest BCUT2D eigenvalue weighted by Crippen LogP contribution is -2.09. The zero-order valence-corrected chi connectivity index (χ0v) is 7.03. The maximum Gasteiger partial charge on any atom is 0.119 e. The molecule has 64 valence electrons. The molecule has 1 unspecified atom stereocenters. The highest BCUT2D eigenvalue weighted by Crippen LogP contribution is 2.45. The van der Waals surface area contributed by atoms with Crippen LogP contribution in [-0.2, 0) is 10.3 Å². The average Bonchev–Trinajstić information content (AvgIpc) is 2.81. The zero-order valence-electron chi connectivity index (χ0n) is 7.03. The van der Waals surface area contributed by atoms with Crippen molar-refractivity contribution in [3.63, 3.8) is 0 Å². The smallest absolute Gasteiger partial charge is 0.119 e. The topological polar surface area (TPSA) is 32.8 Å². The number of aliphatic hydroxyl groups is 1. The summed E-state index contributed by atoms with van der Waals surface area (Å²) in [5.74, 6) is 0. The maximum absolute atomic E-state index is 8.88. The van der Waals surface area contributed by atoms with Gasteiger partial charge in [-0.05, 0) is 12.5 Å². The van der Waals surface area contributed by atoms with E-state index < -0.39 is 0 Å². The third kappa shape index (κ3) is 1.04. The van der Waals surface area contributed by atoms with E-state index >= 15 is 0 Å². The Morgan fingerprint density at radius 2 is 2.08 bits per heavy atom. The molecular weight excluding hydrogens is 152 g/mol. The van der Waals surface area contributed by atoms with E-state index in [0.717, 1.165) is 5.56 Å². The third-order valence-corrected chi connectivity index (χ3v) is 2.46. The Kier molecular flexibility index (Phi) is 1.67. The van der Waals surface area contributed by atoms with Crippen LogP contribution >= 0.6 is 0 Å². The fourth-order valence-electron chi connectivity index (χ4n) is 1.50. The van der Waals surface area contributed by atoms with Gasteiger partial charge in [-0.1, -0.05) is 30.3 Å². The highest BCUT2D eigenvalue weighted by molar-refractivity contribution is 5.27. The van der Waals surface area contributed by atoms with Gasteiger partial charge in [-0.2, -0.15) is 0 Å². The molecule has 1 aromatic carbocycles. The molecule has 1 aliphatic rings. The second kappa shape index (κ2) is 2.57. The normalized spacial score (nSPS) is 33.3. The van der Waals surface area contributed by atoms with Gasteiger partial charge in [0, 0.05) is 0 Å². The number of ether oxygens (including phenoxy) is 1. The lowest BCUT2D eigenvalue weighted by Gasteiger charge is -2.04. The van der Waals surface area contributed by atoms with Crippen LogP contribution < -0.4 is 0 Å². The first-order chi connectivity index (χ1) is 5.77. The molecular formula is C10H12O2. The molecule has 1 N–H and O–H groups in total. The summed E-state index contributed by atoms with van der Waals surface area (Å²) in [7, 11) is 0. The number of hydrogen-bond donors (Lipinski definition) is 1. The number of rotatable bonds is 2. The monoisotopic (exact) mass is 164 g/mol. The van der Waals surface area contributed by atoms with Gasteiger partial charge in [0.05, 0.1) is 6.61 Å². The largest absolute Gasteiger partial charge is 0.394 e. The van der Waals surface area contributed by atoms with E-state index in [1.165, 1.54) is 0 Å². The molecule has 2 atom stereocenters. The molecule has 0 aromatic heterocycles. The molecule has 0 bridgehead atoms. The number of benzene rings is 1. The van der Waals surface area contributed by atoms with Gasteiger partial charge in [-0.15, -0.1) is 0 Å². The van der Waals surface area contributed by atoms with Crippen LogP contribution in [0.2, 0.25) is 0 Å². The van der Waals surface area contributed by atoms with E-state index in [-0.39, 0.29) is 18.3 Å². The Balaban J connectivity index is 2.23. The standard InChI is InChI=1S/C10H12O2/c1-10(9(7-11)12-10)8-5-3-2-4-6-8/h2-6,9,11H,7H2,1H3/t9?,10-/m1/s1. The lowest BCUT2D eigenvalue weighted by atomic mass is 9.98. The maximum atomic E-state index is 8.88. The van der Waals surface area contributed by atoms with Gasteiger partial charge in [0.15, 0.2) is 0 Å². The van der Waals surface area contributed by atoms with Crippen molar-refractivity contribution in [2.45, 2.75) is 18.6 Å². The second-order valence-corrected chi connectivity index (χ2v) is 3.26. The SMILES string of the molecule is C[C@]1(c2ccccc2)OC1CO. The van der Waals surface area contributed by atoms with Crippen LogP contribution in [0.1, 0.15) is 12.5 Å². The van der Waals surface area contributed by atoms with Crippen molar-refractivity contribution in [3.8, 4) is 0 Å². The minimum atomic E-state index is -0.240. The van der Waals surface area contributed by atoms with Crippen LogP contribution in [0.25, 0.3) is 0 Å². The molecule has 0 amide bonds. The molecule has 2 rings (SSSR count). The van der Waals surface area contributed by atoms with E-state index in [4.69, 9.17) is 9.84 Å². The molecule has 2 heteroatoms. The van der Waals surface area contributed by atoms with Crippen molar-refractivity contribution < 1.29 is 9.84 Å². The van der Waals surface area contributed by atoms with Gasteiger partial charge in [-0.3, -0.25) is 0 Å². The van der Waals surface area contributed by atoms with Crippen molar-refractivity contribution in [2.24, 2.45) is 0 Å². The Bertz CT molecular complexity index is 270. The first-order valence-electron chi connectivity index (χ1n) is 4.11. The van der Waals surface area contributed by atoms with Gasteiger partial charge >= 0.3 is 0 Å². The summed E-state index contributed by atoms with van der Waals surface area (Å²) >= 11 is 0. The molecule has 0 aliphatic carbocycles. The van der Waals surface area contributed by atoms with Crippen molar-refractivity contribution in [1.29, 1.82) is 0 Å². The summed E-state index contributed by atoms with van der Waals surface area (Å²) in [4.78, 5) is 0. The van der Waals surface area contributed by atoms with Crippen molar-refractivity contribution in [1.82, 2.24) is 0 Å². The van der Waals surface area contributed by atoms with Gasteiger partial charge in [-0.25, -0.2) is 0 Å². The zero-order chi connectivity index (χ0) is 8.60. The Morgan fingerprint density at radius 1 is 1.42 bits per heavy atom. The highest BCUT2D eigenvalue weighted by atomic mass is 16.6. The summed E-state index contributed by atoms with van der Waals surface area (Å²) in [6, 6.07) is 9.99. The minimum absolute atomic E-state index is 0.0140. The molecule has 1 aromatic rings. The summed E-state index contributed by atoms with van der Waals surface area (Å²) in [6.07, 6.45) is -0.0140. The van der Waals surface area contributed by atoms with Crippen LogP contribution in [-0.4, -0.2) is 17.8 Å². The van der Waals surface area contributed by atoms with Gasteiger partial charge in [0.1, 0.15) is 11.7 Å². The molecule has 12 heavy (non-hydrogen) atoms. The fourth-order valence-corrected chi connectivity index (χ4v) is 1.50. The first kappa shape index (κ1) is 7.77. The predicted molar refractivity (Wildman–Crippen MR) is 45.8 cm³/mol.